The minimum Gasteiger partial charge on any atom is -0.465 e. The maximum absolute atomic E-state index is 13.3. The highest BCUT2D eigenvalue weighted by Crippen LogP contribution is 2.48. The second-order valence-corrected chi connectivity index (χ2v) is 7.49. The number of anilines is 1. The monoisotopic (exact) mass is 391 g/mol. The summed E-state index contributed by atoms with van der Waals surface area (Å²) in [5, 5.41) is 14.4. The first kappa shape index (κ1) is 17.9. The molecule has 8 heteroatoms. The number of carbonyl (C=O) groups is 2. The fourth-order valence-electron chi connectivity index (χ4n) is 4.06. The molecule has 2 aliphatic carbocycles. The Morgan fingerprint density at radius 1 is 1.30 bits per heavy atom. The molecule has 1 aromatic carbocycles. The highest BCUT2D eigenvalue weighted by Gasteiger charge is 2.40. The smallest absolute Gasteiger partial charge is 0.405 e. The zero-order valence-electron chi connectivity index (χ0n) is 14.7. The van der Waals surface area contributed by atoms with Gasteiger partial charge in [0.05, 0.1) is 11.1 Å². The molecule has 1 unspecified atom stereocenters. The summed E-state index contributed by atoms with van der Waals surface area (Å²) >= 11 is 5.79. The fourth-order valence-corrected chi connectivity index (χ4v) is 4.24. The zero-order chi connectivity index (χ0) is 19.3. The van der Waals surface area contributed by atoms with Crippen molar-refractivity contribution in [1.29, 1.82) is 0 Å². The number of carbonyl (C=O) groups excluding carboxylic acids is 1. The third kappa shape index (κ3) is 3.16. The molecule has 0 spiro atoms. The van der Waals surface area contributed by atoms with Crippen LogP contribution < -0.4 is 10.6 Å². The first-order chi connectivity index (χ1) is 12.9. The van der Waals surface area contributed by atoms with Gasteiger partial charge in [0.1, 0.15) is 11.5 Å². The maximum Gasteiger partial charge on any atom is 0.405 e. The first-order valence-electron chi connectivity index (χ1n) is 8.84. The van der Waals surface area contributed by atoms with Crippen molar-refractivity contribution in [2.75, 3.05) is 5.32 Å². The summed E-state index contributed by atoms with van der Waals surface area (Å²) in [4.78, 5) is 24.1. The van der Waals surface area contributed by atoms with Gasteiger partial charge < -0.3 is 20.3 Å². The van der Waals surface area contributed by atoms with Crippen molar-refractivity contribution >= 4 is 29.3 Å². The van der Waals surface area contributed by atoms with E-state index in [9.17, 15) is 14.0 Å². The van der Waals surface area contributed by atoms with Crippen LogP contribution >= 0.6 is 11.6 Å². The summed E-state index contributed by atoms with van der Waals surface area (Å²) in [6.07, 6.45) is 2.29. The van der Waals surface area contributed by atoms with Gasteiger partial charge in [0, 0.05) is 18.4 Å². The van der Waals surface area contributed by atoms with Crippen molar-refractivity contribution in [2.45, 2.75) is 37.6 Å². The Labute approximate surface area is 160 Å². The summed E-state index contributed by atoms with van der Waals surface area (Å²) in [6.45, 7) is 0. The molecule has 27 heavy (non-hydrogen) atoms. The number of fused-ring (bicyclic) bond motifs is 1. The Bertz CT molecular complexity index is 952. The Kier molecular flexibility index (Phi) is 4.34. The lowest BCUT2D eigenvalue weighted by atomic mass is 10.1. The van der Waals surface area contributed by atoms with Crippen molar-refractivity contribution in [1.82, 2.24) is 9.88 Å². The van der Waals surface area contributed by atoms with Gasteiger partial charge >= 0.3 is 6.09 Å². The third-order valence-electron chi connectivity index (χ3n) is 5.27. The van der Waals surface area contributed by atoms with E-state index in [0.29, 0.717) is 30.1 Å². The summed E-state index contributed by atoms with van der Waals surface area (Å²) in [5.41, 5.74) is 3.83. The van der Waals surface area contributed by atoms with E-state index in [0.717, 1.165) is 29.7 Å². The number of aromatic nitrogens is 1. The van der Waals surface area contributed by atoms with E-state index in [1.54, 1.807) is 0 Å². The number of benzene rings is 1. The minimum atomic E-state index is -1.06. The van der Waals surface area contributed by atoms with E-state index in [-0.39, 0.29) is 17.0 Å². The number of amides is 2. The van der Waals surface area contributed by atoms with Crippen LogP contribution in [0.25, 0.3) is 0 Å². The molecule has 1 atom stereocenters. The second kappa shape index (κ2) is 6.56. The van der Waals surface area contributed by atoms with Gasteiger partial charge in [0.2, 0.25) is 0 Å². The van der Waals surface area contributed by atoms with Crippen LogP contribution in [0.2, 0.25) is 5.02 Å². The normalized spacial score (nSPS) is 18.3. The van der Waals surface area contributed by atoms with Crippen LogP contribution in [0.5, 0.6) is 0 Å². The van der Waals surface area contributed by atoms with Crippen molar-refractivity contribution in [3.8, 4) is 0 Å². The summed E-state index contributed by atoms with van der Waals surface area (Å²) in [6, 6.07) is 3.74. The molecule has 4 rings (SSSR count). The standard InChI is InChI=1S/C19H19ClFN3O3/c1-24-16(9-2-3-9)15-11(5-7-14(15)23-19(26)27)17(24)18(25)22-10-4-6-13(21)12(20)8-10/h4,6,8-9,14,23H,2-3,5,7H2,1H3,(H,22,25)(H,26,27). The first-order valence-corrected chi connectivity index (χ1v) is 9.21. The van der Waals surface area contributed by atoms with Crippen LogP contribution in [0.3, 0.4) is 0 Å². The highest BCUT2D eigenvalue weighted by atomic mass is 35.5. The van der Waals surface area contributed by atoms with E-state index in [4.69, 9.17) is 16.7 Å². The van der Waals surface area contributed by atoms with E-state index in [1.807, 2.05) is 11.6 Å². The van der Waals surface area contributed by atoms with Crippen LogP contribution in [-0.4, -0.2) is 21.7 Å². The topological polar surface area (TPSA) is 83.4 Å². The number of nitrogens with zero attached hydrogens (tertiary/aromatic N) is 1. The predicted molar refractivity (Wildman–Crippen MR) is 99.0 cm³/mol. The predicted octanol–water partition coefficient (Wildman–Crippen LogP) is 4.20. The summed E-state index contributed by atoms with van der Waals surface area (Å²) < 4.78 is 15.2. The van der Waals surface area contributed by atoms with Gasteiger partial charge in [0.15, 0.2) is 0 Å². The van der Waals surface area contributed by atoms with E-state index in [2.05, 4.69) is 10.6 Å². The van der Waals surface area contributed by atoms with Crippen molar-refractivity contribution < 1.29 is 19.1 Å². The molecule has 3 N–H and O–H groups in total. The van der Waals surface area contributed by atoms with Crippen LogP contribution in [0, 0.1) is 5.82 Å². The van der Waals surface area contributed by atoms with Crippen molar-refractivity contribution in [2.24, 2.45) is 7.05 Å². The molecular weight excluding hydrogens is 373 g/mol. The van der Waals surface area contributed by atoms with Crippen LogP contribution in [0.15, 0.2) is 18.2 Å². The highest BCUT2D eigenvalue weighted by molar-refractivity contribution is 6.31. The summed E-state index contributed by atoms with van der Waals surface area (Å²) in [7, 11) is 1.84. The molecule has 0 bridgehead atoms. The van der Waals surface area contributed by atoms with Crippen LogP contribution in [0.4, 0.5) is 14.9 Å². The van der Waals surface area contributed by atoms with E-state index >= 15 is 0 Å². The number of hydrogen-bond donors (Lipinski definition) is 3. The fraction of sp³-hybridized carbons (Fsp3) is 0.368. The number of hydrogen-bond acceptors (Lipinski definition) is 2. The molecular formula is C19H19ClFN3O3. The Hall–Kier alpha value is -2.54. The molecule has 142 valence electrons. The van der Waals surface area contributed by atoms with E-state index in [1.165, 1.54) is 18.2 Å². The van der Waals surface area contributed by atoms with Gasteiger partial charge in [-0.2, -0.15) is 0 Å². The molecule has 0 radical (unpaired) electrons. The Balaban J connectivity index is 1.70. The Morgan fingerprint density at radius 2 is 2.04 bits per heavy atom. The number of carboxylic acid groups (broad SMARTS) is 1. The average Bonchev–Trinajstić information content (AvgIpc) is 3.29. The number of rotatable bonds is 4. The van der Waals surface area contributed by atoms with Gasteiger partial charge in [-0.05, 0) is 60.9 Å². The van der Waals surface area contributed by atoms with E-state index < -0.39 is 11.9 Å². The van der Waals surface area contributed by atoms with Crippen molar-refractivity contribution in [3.05, 3.63) is 51.6 Å². The molecule has 0 saturated heterocycles. The molecule has 0 aliphatic heterocycles. The van der Waals surface area contributed by atoms with Crippen LogP contribution in [0.1, 0.15) is 58.5 Å². The quantitative estimate of drug-likeness (QED) is 0.730. The van der Waals surface area contributed by atoms with Gasteiger partial charge in [0.25, 0.3) is 5.91 Å². The van der Waals surface area contributed by atoms with Crippen molar-refractivity contribution in [3.63, 3.8) is 0 Å². The van der Waals surface area contributed by atoms with Gasteiger partial charge in [-0.25, -0.2) is 9.18 Å². The lowest BCUT2D eigenvalue weighted by molar-refractivity contribution is 0.101. The lowest BCUT2D eigenvalue weighted by Gasteiger charge is -2.15. The molecule has 1 aromatic heterocycles. The Morgan fingerprint density at radius 3 is 2.67 bits per heavy atom. The SMILES string of the molecule is Cn1c(C(=O)Nc2ccc(F)c(Cl)c2)c2c(c1C1CC1)C(NC(=O)O)CC2. The molecule has 2 amide bonds. The third-order valence-corrected chi connectivity index (χ3v) is 5.56. The zero-order valence-corrected chi connectivity index (χ0v) is 15.4. The molecule has 1 heterocycles. The average molecular weight is 392 g/mol. The molecule has 1 fully saturated rings. The molecule has 2 aliphatic rings. The largest absolute Gasteiger partial charge is 0.465 e. The second-order valence-electron chi connectivity index (χ2n) is 7.08. The molecule has 2 aromatic rings. The van der Waals surface area contributed by atoms with Crippen LogP contribution in [-0.2, 0) is 13.5 Å². The minimum absolute atomic E-state index is 0.0608. The van der Waals surface area contributed by atoms with Gasteiger partial charge in [-0.3, -0.25) is 4.79 Å². The lowest BCUT2D eigenvalue weighted by Crippen LogP contribution is -2.25. The number of halogens is 2. The molecule has 1 saturated carbocycles. The number of nitrogens with one attached hydrogen (secondary N) is 2. The van der Waals surface area contributed by atoms with Gasteiger partial charge in [-0.15, -0.1) is 0 Å². The summed E-state index contributed by atoms with van der Waals surface area (Å²) in [5.74, 6) is -0.492. The van der Waals surface area contributed by atoms with Gasteiger partial charge in [-0.1, -0.05) is 11.6 Å². The maximum atomic E-state index is 13.3. The molecule has 6 nitrogen and oxygen atoms in total.